The molecule has 1 aromatic rings. The van der Waals surface area contributed by atoms with Crippen molar-refractivity contribution in [2.45, 2.75) is 12.5 Å². The highest BCUT2D eigenvalue weighted by Crippen LogP contribution is 2.38. The van der Waals surface area contributed by atoms with Crippen LogP contribution in [0.2, 0.25) is 0 Å². The molecule has 1 saturated heterocycles. The predicted molar refractivity (Wildman–Crippen MR) is 73.6 cm³/mol. The summed E-state index contributed by atoms with van der Waals surface area (Å²) in [5, 5.41) is 5.54. The lowest BCUT2D eigenvalue weighted by Gasteiger charge is -2.17. The molecule has 5 heteroatoms. The van der Waals surface area contributed by atoms with Gasteiger partial charge in [-0.1, -0.05) is 0 Å². The normalized spacial score (nSPS) is 24.4. The third-order valence-corrected chi connectivity index (χ3v) is 4.73. The molecule has 1 aliphatic rings. The Hall–Kier alpha value is 0.0600. The zero-order valence-corrected chi connectivity index (χ0v) is 12.4. The summed E-state index contributed by atoms with van der Waals surface area (Å²) in [4.78, 5) is 1.33. The van der Waals surface area contributed by atoms with Crippen LogP contribution in [0.3, 0.4) is 0 Å². The van der Waals surface area contributed by atoms with E-state index in [2.05, 4.69) is 32.7 Å². The van der Waals surface area contributed by atoms with Gasteiger partial charge in [-0.15, -0.1) is 11.3 Å². The first-order valence-corrected chi connectivity index (χ1v) is 7.53. The molecule has 1 fully saturated rings. The summed E-state index contributed by atoms with van der Waals surface area (Å²) < 4.78 is 12.0. The van der Waals surface area contributed by atoms with Crippen molar-refractivity contribution in [1.82, 2.24) is 5.32 Å². The molecule has 0 saturated carbocycles. The molecule has 0 amide bonds. The van der Waals surface area contributed by atoms with E-state index in [-0.39, 0.29) is 6.10 Å². The maximum absolute atomic E-state index is 5.84. The van der Waals surface area contributed by atoms with Crippen LogP contribution in [-0.4, -0.2) is 33.4 Å². The Morgan fingerprint density at radius 1 is 1.65 bits per heavy atom. The van der Waals surface area contributed by atoms with Crippen LogP contribution in [0, 0.1) is 5.92 Å². The summed E-state index contributed by atoms with van der Waals surface area (Å²) in [6.45, 7) is 3.55. The summed E-state index contributed by atoms with van der Waals surface area (Å²) in [5.41, 5.74) is 0. The van der Waals surface area contributed by atoms with Crippen LogP contribution < -0.4 is 5.32 Å². The molecular weight excluding hydrogens is 302 g/mol. The minimum atomic E-state index is 0.265. The van der Waals surface area contributed by atoms with Gasteiger partial charge in [-0.05, 0) is 28.4 Å². The van der Waals surface area contributed by atoms with Gasteiger partial charge in [0.15, 0.2) is 0 Å². The fourth-order valence-electron chi connectivity index (χ4n) is 2.10. The Bertz CT molecular complexity index is 345. The average molecular weight is 320 g/mol. The van der Waals surface area contributed by atoms with Gasteiger partial charge >= 0.3 is 0 Å². The van der Waals surface area contributed by atoms with Gasteiger partial charge in [-0.3, -0.25) is 0 Å². The van der Waals surface area contributed by atoms with Gasteiger partial charge in [0.1, 0.15) is 0 Å². The minimum absolute atomic E-state index is 0.265. The summed E-state index contributed by atoms with van der Waals surface area (Å²) >= 11 is 5.26. The van der Waals surface area contributed by atoms with E-state index in [0.717, 1.165) is 37.2 Å². The Morgan fingerprint density at radius 2 is 2.53 bits per heavy atom. The van der Waals surface area contributed by atoms with E-state index < -0.39 is 0 Å². The summed E-state index contributed by atoms with van der Waals surface area (Å²) in [6, 6.07) is 2.17. The van der Waals surface area contributed by atoms with Crippen molar-refractivity contribution >= 4 is 27.3 Å². The number of thiophene rings is 1. The molecule has 96 valence electrons. The molecule has 3 nitrogen and oxygen atoms in total. The largest absolute Gasteiger partial charge is 0.383 e. The van der Waals surface area contributed by atoms with Crippen molar-refractivity contribution in [1.29, 1.82) is 0 Å². The second-order valence-electron chi connectivity index (χ2n) is 4.20. The maximum Gasteiger partial charge on any atom is 0.0958 e. The molecule has 2 atom stereocenters. The number of hydrogen-bond acceptors (Lipinski definition) is 4. The molecule has 1 N–H and O–H groups in total. The molecule has 2 heterocycles. The zero-order chi connectivity index (χ0) is 12.1. The molecular formula is C12H18BrNO2S. The van der Waals surface area contributed by atoms with E-state index >= 15 is 0 Å². The summed E-state index contributed by atoms with van der Waals surface area (Å²) in [7, 11) is 1.73. The van der Waals surface area contributed by atoms with Crippen LogP contribution >= 0.6 is 27.3 Å². The first-order valence-electron chi connectivity index (χ1n) is 5.86. The Labute approximate surface area is 115 Å². The lowest BCUT2D eigenvalue weighted by Crippen LogP contribution is -2.27. The predicted octanol–water partition coefficient (Wildman–Crippen LogP) is 2.82. The molecule has 1 aromatic heterocycles. The first kappa shape index (κ1) is 13.5. The van der Waals surface area contributed by atoms with Gasteiger partial charge in [0, 0.05) is 47.5 Å². The summed E-state index contributed by atoms with van der Waals surface area (Å²) in [5.74, 6) is 0.581. The van der Waals surface area contributed by atoms with Crippen LogP contribution in [0.15, 0.2) is 15.9 Å². The molecule has 0 aliphatic carbocycles. The highest BCUT2D eigenvalue weighted by Gasteiger charge is 2.30. The molecule has 1 aliphatic heterocycles. The molecule has 0 bridgehead atoms. The average Bonchev–Trinajstić information content (AvgIpc) is 2.93. The van der Waals surface area contributed by atoms with E-state index in [9.17, 15) is 0 Å². The van der Waals surface area contributed by atoms with Gasteiger partial charge in [0.25, 0.3) is 0 Å². The standard InChI is InChI=1S/C12H18BrNO2S/c1-15-5-3-14-7-9-2-4-16-12(9)11-6-10(13)8-17-11/h6,8-9,12,14H,2-5,7H2,1H3. The highest BCUT2D eigenvalue weighted by atomic mass is 79.9. The lowest BCUT2D eigenvalue weighted by molar-refractivity contribution is 0.0926. The number of methoxy groups -OCH3 is 1. The van der Waals surface area contributed by atoms with Crippen molar-refractivity contribution < 1.29 is 9.47 Å². The van der Waals surface area contributed by atoms with Crippen molar-refractivity contribution in [3.63, 3.8) is 0 Å². The fourth-order valence-corrected chi connectivity index (χ4v) is 3.68. The van der Waals surface area contributed by atoms with Crippen LogP contribution in [0.25, 0.3) is 0 Å². The van der Waals surface area contributed by atoms with Gasteiger partial charge in [-0.25, -0.2) is 0 Å². The van der Waals surface area contributed by atoms with Crippen LogP contribution in [-0.2, 0) is 9.47 Å². The second-order valence-corrected chi connectivity index (χ2v) is 6.06. The molecule has 17 heavy (non-hydrogen) atoms. The molecule has 2 unspecified atom stereocenters. The van der Waals surface area contributed by atoms with Gasteiger partial charge in [-0.2, -0.15) is 0 Å². The minimum Gasteiger partial charge on any atom is -0.383 e. The third-order valence-electron chi connectivity index (χ3n) is 2.97. The highest BCUT2D eigenvalue weighted by molar-refractivity contribution is 9.10. The van der Waals surface area contributed by atoms with E-state index in [1.165, 1.54) is 4.88 Å². The molecule has 2 rings (SSSR count). The number of halogens is 1. The smallest absolute Gasteiger partial charge is 0.0958 e. The van der Waals surface area contributed by atoms with E-state index in [1.807, 2.05) is 0 Å². The fraction of sp³-hybridized carbons (Fsp3) is 0.667. The van der Waals surface area contributed by atoms with Gasteiger partial charge in [0.2, 0.25) is 0 Å². The van der Waals surface area contributed by atoms with Crippen LogP contribution in [0.4, 0.5) is 0 Å². The number of nitrogens with one attached hydrogen (secondary N) is 1. The van der Waals surface area contributed by atoms with Crippen molar-refractivity contribution in [3.8, 4) is 0 Å². The Kier molecular flexibility index (Phi) is 5.44. The number of ether oxygens (including phenoxy) is 2. The van der Waals surface area contributed by atoms with E-state index in [1.54, 1.807) is 18.4 Å². The SMILES string of the molecule is COCCNCC1CCOC1c1cc(Br)cs1. The van der Waals surface area contributed by atoms with Crippen molar-refractivity contribution in [2.24, 2.45) is 5.92 Å². The molecule has 0 spiro atoms. The van der Waals surface area contributed by atoms with E-state index in [0.29, 0.717) is 5.92 Å². The van der Waals surface area contributed by atoms with Crippen LogP contribution in [0.1, 0.15) is 17.4 Å². The number of hydrogen-bond donors (Lipinski definition) is 1. The van der Waals surface area contributed by atoms with Gasteiger partial charge in [0.05, 0.1) is 12.7 Å². The Morgan fingerprint density at radius 3 is 3.24 bits per heavy atom. The third kappa shape index (κ3) is 3.76. The van der Waals surface area contributed by atoms with Crippen molar-refractivity contribution in [2.75, 3.05) is 33.4 Å². The van der Waals surface area contributed by atoms with Crippen molar-refractivity contribution in [3.05, 3.63) is 20.8 Å². The Balaban J connectivity index is 1.84. The monoisotopic (exact) mass is 319 g/mol. The van der Waals surface area contributed by atoms with E-state index in [4.69, 9.17) is 9.47 Å². The lowest BCUT2D eigenvalue weighted by atomic mass is 10.0. The maximum atomic E-state index is 5.84. The number of rotatable bonds is 6. The zero-order valence-electron chi connectivity index (χ0n) is 9.95. The molecule has 0 radical (unpaired) electrons. The quantitative estimate of drug-likeness (QED) is 0.818. The molecule has 0 aromatic carbocycles. The summed E-state index contributed by atoms with van der Waals surface area (Å²) in [6.07, 6.45) is 1.40. The second kappa shape index (κ2) is 6.85. The first-order chi connectivity index (χ1) is 8.31. The van der Waals surface area contributed by atoms with Crippen LogP contribution in [0.5, 0.6) is 0 Å². The van der Waals surface area contributed by atoms with Gasteiger partial charge < -0.3 is 14.8 Å². The topological polar surface area (TPSA) is 30.5 Å².